The first kappa shape index (κ1) is 14.8. The van der Waals surface area contributed by atoms with E-state index >= 15 is 0 Å². The Hall–Kier alpha value is -1.65. The van der Waals surface area contributed by atoms with E-state index in [1.54, 1.807) is 24.3 Å². The van der Waals surface area contributed by atoms with Gasteiger partial charge >= 0.3 is 0 Å². The SMILES string of the molecule is CC(C)COS(=O)(=O)c1ccc(-c2ccccc2)cc1. The van der Waals surface area contributed by atoms with Crippen LogP contribution in [0.4, 0.5) is 0 Å². The fraction of sp³-hybridized carbons (Fsp3) is 0.250. The van der Waals surface area contributed by atoms with Crippen LogP contribution in [0.25, 0.3) is 11.1 Å². The van der Waals surface area contributed by atoms with E-state index in [0.29, 0.717) is 0 Å². The van der Waals surface area contributed by atoms with Crippen LogP contribution in [0.3, 0.4) is 0 Å². The number of hydrogen-bond acceptors (Lipinski definition) is 3. The minimum absolute atomic E-state index is 0.174. The zero-order valence-corrected chi connectivity index (χ0v) is 12.4. The van der Waals surface area contributed by atoms with Gasteiger partial charge in [0.05, 0.1) is 11.5 Å². The molecule has 2 aromatic carbocycles. The molecule has 106 valence electrons. The summed E-state index contributed by atoms with van der Waals surface area (Å²) in [7, 11) is -3.65. The largest absolute Gasteiger partial charge is 0.296 e. The summed E-state index contributed by atoms with van der Waals surface area (Å²) in [5.74, 6) is 0.174. The van der Waals surface area contributed by atoms with Crippen molar-refractivity contribution in [2.75, 3.05) is 6.61 Å². The molecule has 0 amide bonds. The Balaban J connectivity index is 2.20. The first-order valence-electron chi connectivity index (χ1n) is 6.54. The molecule has 0 aliphatic heterocycles. The Bertz CT molecular complexity index is 644. The molecule has 0 radical (unpaired) electrons. The maximum atomic E-state index is 12.0. The van der Waals surface area contributed by atoms with Gasteiger partial charge in [-0.2, -0.15) is 8.42 Å². The smallest absolute Gasteiger partial charge is 0.266 e. The summed E-state index contributed by atoms with van der Waals surface area (Å²) >= 11 is 0. The third-order valence-electron chi connectivity index (χ3n) is 2.81. The maximum Gasteiger partial charge on any atom is 0.296 e. The van der Waals surface area contributed by atoms with Gasteiger partial charge in [-0.15, -0.1) is 0 Å². The number of benzene rings is 2. The Labute approximate surface area is 120 Å². The first-order valence-corrected chi connectivity index (χ1v) is 7.95. The highest BCUT2D eigenvalue weighted by molar-refractivity contribution is 7.86. The van der Waals surface area contributed by atoms with E-state index < -0.39 is 10.1 Å². The van der Waals surface area contributed by atoms with Crippen LogP contribution in [-0.4, -0.2) is 15.0 Å². The van der Waals surface area contributed by atoms with Crippen LogP contribution in [0.5, 0.6) is 0 Å². The highest BCUT2D eigenvalue weighted by Crippen LogP contribution is 2.22. The summed E-state index contributed by atoms with van der Waals surface area (Å²) in [6.07, 6.45) is 0. The van der Waals surface area contributed by atoms with E-state index in [0.717, 1.165) is 11.1 Å². The van der Waals surface area contributed by atoms with Crippen molar-refractivity contribution in [1.29, 1.82) is 0 Å². The van der Waals surface area contributed by atoms with E-state index in [2.05, 4.69) is 0 Å². The van der Waals surface area contributed by atoms with Crippen molar-refractivity contribution < 1.29 is 12.6 Å². The lowest BCUT2D eigenvalue weighted by atomic mass is 10.1. The molecule has 20 heavy (non-hydrogen) atoms. The normalized spacial score (nSPS) is 11.8. The van der Waals surface area contributed by atoms with Crippen LogP contribution in [0.2, 0.25) is 0 Å². The molecule has 2 rings (SSSR count). The van der Waals surface area contributed by atoms with Gasteiger partial charge in [0, 0.05) is 0 Å². The molecule has 0 aliphatic rings. The second-order valence-corrected chi connectivity index (χ2v) is 6.64. The zero-order valence-electron chi connectivity index (χ0n) is 11.6. The molecule has 0 N–H and O–H groups in total. The van der Waals surface area contributed by atoms with Crippen molar-refractivity contribution in [3.05, 3.63) is 54.6 Å². The molecule has 0 fully saturated rings. The molecule has 0 atom stereocenters. The molecular weight excluding hydrogens is 272 g/mol. The predicted octanol–water partition coefficient (Wildman–Crippen LogP) is 3.71. The molecular formula is C16H18O3S. The van der Waals surface area contributed by atoms with Gasteiger partial charge in [-0.3, -0.25) is 4.18 Å². The van der Waals surface area contributed by atoms with Gasteiger partial charge in [-0.25, -0.2) is 0 Å². The van der Waals surface area contributed by atoms with E-state index in [4.69, 9.17) is 4.18 Å². The maximum absolute atomic E-state index is 12.0. The number of hydrogen-bond donors (Lipinski definition) is 0. The topological polar surface area (TPSA) is 43.4 Å². The van der Waals surface area contributed by atoms with Gasteiger partial charge in [-0.05, 0) is 29.2 Å². The molecule has 4 heteroatoms. The predicted molar refractivity (Wildman–Crippen MR) is 79.9 cm³/mol. The minimum atomic E-state index is -3.65. The van der Waals surface area contributed by atoms with Crippen LogP contribution >= 0.6 is 0 Å². The van der Waals surface area contributed by atoms with Crippen LogP contribution in [0, 0.1) is 5.92 Å². The number of rotatable bonds is 5. The molecule has 0 spiro atoms. The lowest BCUT2D eigenvalue weighted by Crippen LogP contribution is -2.10. The summed E-state index contributed by atoms with van der Waals surface area (Å²) in [6, 6.07) is 16.6. The molecule has 0 bridgehead atoms. The highest BCUT2D eigenvalue weighted by atomic mass is 32.2. The van der Waals surface area contributed by atoms with Crippen LogP contribution < -0.4 is 0 Å². The van der Waals surface area contributed by atoms with Crippen molar-refractivity contribution in [2.24, 2.45) is 5.92 Å². The average Bonchev–Trinajstić information content (AvgIpc) is 2.46. The van der Waals surface area contributed by atoms with Crippen molar-refractivity contribution >= 4 is 10.1 Å². The van der Waals surface area contributed by atoms with Gasteiger partial charge in [-0.1, -0.05) is 56.3 Å². The second kappa shape index (κ2) is 6.20. The molecule has 0 heterocycles. The molecule has 2 aromatic rings. The van der Waals surface area contributed by atoms with Gasteiger partial charge in [0.15, 0.2) is 0 Å². The monoisotopic (exact) mass is 290 g/mol. The zero-order chi connectivity index (χ0) is 14.6. The molecule has 0 aliphatic carbocycles. The van der Waals surface area contributed by atoms with Crippen molar-refractivity contribution in [3.63, 3.8) is 0 Å². The molecule has 0 saturated carbocycles. The fourth-order valence-corrected chi connectivity index (χ4v) is 2.80. The Kier molecular flexibility index (Phi) is 4.57. The van der Waals surface area contributed by atoms with Crippen molar-refractivity contribution in [2.45, 2.75) is 18.7 Å². The second-order valence-electron chi connectivity index (χ2n) is 5.02. The van der Waals surface area contributed by atoms with E-state index in [9.17, 15) is 8.42 Å². The van der Waals surface area contributed by atoms with E-state index in [1.165, 1.54) is 0 Å². The van der Waals surface area contributed by atoms with Gasteiger partial charge in [0.1, 0.15) is 0 Å². The Morgan fingerprint density at radius 1 is 0.900 bits per heavy atom. The third-order valence-corrected chi connectivity index (χ3v) is 4.10. The Morgan fingerprint density at radius 2 is 1.45 bits per heavy atom. The van der Waals surface area contributed by atoms with Crippen molar-refractivity contribution in [1.82, 2.24) is 0 Å². The lowest BCUT2D eigenvalue weighted by Gasteiger charge is -2.08. The molecule has 0 saturated heterocycles. The molecule has 3 nitrogen and oxygen atoms in total. The van der Waals surface area contributed by atoms with Gasteiger partial charge in [0.2, 0.25) is 0 Å². The van der Waals surface area contributed by atoms with Crippen LogP contribution in [0.1, 0.15) is 13.8 Å². The summed E-state index contributed by atoms with van der Waals surface area (Å²) in [4.78, 5) is 0.192. The fourth-order valence-electron chi connectivity index (χ4n) is 1.74. The molecule has 0 aromatic heterocycles. The van der Waals surface area contributed by atoms with E-state index in [-0.39, 0.29) is 17.4 Å². The Morgan fingerprint density at radius 3 is 2.00 bits per heavy atom. The first-order chi connectivity index (χ1) is 9.49. The summed E-state index contributed by atoms with van der Waals surface area (Å²) in [6.45, 7) is 4.02. The standard InChI is InChI=1S/C16H18O3S/c1-13(2)12-19-20(17,18)16-10-8-15(9-11-16)14-6-4-3-5-7-14/h3-11,13H,12H2,1-2H3. The summed E-state index contributed by atoms with van der Waals surface area (Å²) in [5, 5.41) is 0. The third kappa shape index (κ3) is 3.68. The van der Waals surface area contributed by atoms with Crippen LogP contribution in [0.15, 0.2) is 59.5 Å². The van der Waals surface area contributed by atoms with Crippen molar-refractivity contribution in [3.8, 4) is 11.1 Å². The van der Waals surface area contributed by atoms with E-state index in [1.807, 2.05) is 44.2 Å². The van der Waals surface area contributed by atoms with Crippen LogP contribution in [-0.2, 0) is 14.3 Å². The minimum Gasteiger partial charge on any atom is -0.266 e. The summed E-state index contributed by atoms with van der Waals surface area (Å²) in [5.41, 5.74) is 2.04. The average molecular weight is 290 g/mol. The highest BCUT2D eigenvalue weighted by Gasteiger charge is 2.15. The van der Waals surface area contributed by atoms with Gasteiger partial charge < -0.3 is 0 Å². The molecule has 0 unspecified atom stereocenters. The lowest BCUT2D eigenvalue weighted by molar-refractivity contribution is 0.275. The van der Waals surface area contributed by atoms with Gasteiger partial charge in [0.25, 0.3) is 10.1 Å². The quantitative estimate of drug-likeness (QED) is 0.788. The summed E-state index contributed by atoms with van der Waals surface area (Å²) < 4.78 is 28.9.